The van der Waals surface area contributed by atoms with E-state index in [9.17, 15) is 9.59 Å². The van der Waals surface area contributed by atoms with E-state index in [1.165, 1.54) is 0 Å². The molecule has 1 N–H and O–H groups in total. The highest BCUT2D eigenvalue weighted by Crippen LogP contribution is 2.28. The molecule has 0 unspecified atom stereocenters. The van der Waals surface area contributed by atoms with E-state index in [0.29, 0.717) is 17.0 Å². The number of hydrogen-bond acceptors (Lipinski definition) is 4. The van der Waals surface area contributed by atoms with Crippen LogP contribution in [0.25, 0.3) is 0 Å². The highest BCUT2D eigenvalue weighted by Gasteiger charge is 2.28. The van der Waals surface area contributed by atoms with Gasteiger partial charge in [0, 0.05) is 36.6 Å². The molecule has 0 radical (unpaired) electrons. The second-order valence-electron chi connectivity index (χ2n) is 8.12. The van der Waals surface area contributed by atoms with E-state index in [1.807, 2.05) is 81.4 Å². The van der Waals surface area contributed by atoms with Crippen LogP contribution < -0.4 is 10.2 Å². The van der Waals surface area contributed by atoms with Crippen molar-refractivity contribution in [3.8, 4) is 0 Å². The fourth-order valence-corrected chi connectivity index (χ4v) is 3.60. The molecule has 1 aliphatic rings. The van der Waals surface area contributed by atoms with Crippen LogP contribution in [-0.4, -0.2) is 31.5 Å². The lowest BCUT2D eigenvalue weighted by atomic mass is 9.88. The zero-order valence-corrected chi connectivity index (χ0v) is 18.6. The van der Waals surface area contributed by atoms with Crippen LogP contribution >= 0.6 is 0 Å². The van der Waals surface area contributed by atoms with E-state index in [1.54, 1.807) is 18.2 Å². The molecule has 3 aromatic rings. The Morgan fingerprint density at radius 3 is 2.25 bits per heavy atom. The van der Waals surface area contributed by atoms with Gasteiger partial charge in [-0.05, 0) is 55.8 Å². The minimum atomic E-state index is -0.444. The van der Waals surface area contributed by atoms with Gasteiger partial charge >= 0.3 is 0 Å². The minimum absolute atomic E-state index is 0.0746. The van der Waals surface area contributed by atoms with E-state index < -0.39 is 5.91 Å². The Morgan fingerprint density at radius 1 is 0.906 bits per heavy atom. The molecule has 5 nitrogen and oxygen atoms in total. The Labute approximate surface area is 188 Å². The van der Waals surface area contributed by atoms with Crippen molar-refractivity contribution in [3.05, 3.63) is 101 Å². The van der Waals surface area contributed by atoms with Gasteiger partial charge in [0.1, 0.15) is 0 Å². The van der Waals surface area contributed by atoms with Crippen LogP contribution in [0.2, 0.25) is 0 Å². The number of ketones is 1. The van der Waals surface area contributed by atoms with E-state index in [2.05, 4.69) is 11.4 Å². The van der Waals surface area contributed by atoms with Gasteiger partial charge in [0.25, 0.3) is 5.91 Å². The topological polar surface area (TPSA) is 61.8 Å². The van der Waals surface area contributed by atoms with Crippen LogP contribution in [0.5, 0.6) is 0 Å². The summed E-state index contributed by atoms with van der Waals surface area (Å²) in [5.41, 5.74) is 6.49. The van der Waals surface area contributed by atoms with Gasteiger partial charge < -0.3 is 10.2 Å². The number of fused-ring (bicyclic) bond motifs is 1. The minimum Gasteiger partial charge on any atom is -0.378 e. The zero-order valence-electron chi connectivity index (χ0n) is 18.6. The molecule has 160 valence electrons. The molecule has 1 amide bonds. The molecular weight excluding hydrogens is 398 g/mol. The Bertz CT molecular complexity index is 1270. The summed E-state index contributed by atoms with van der Waals surface area (Å²) in [5, 5.41) is 2.83. The third-order valence-corrected chi connectivity index (χ3v) is 5.47. The summed E-state index contributed by atoms with van der Waals surface area (Å²) in [4.78, 5) is 33.0. The number of rotatable bonds is 4. The summed E-state index contributed by atoms with van der Waals surface area (Å²) in [6.45, 7) is 3.98. The second kappa shape index (κ2) is 8.63. The van der Waals surface area contributed by atoms with Gasteiger partial charge in [-0.3, -0.25) is 9.59 Å². The smallest absolute Gasteiger partial charge is 0.259 e. The van der Waals surface area contributed by atoms with Gasteiger partial charge in [0.05, 0.1) is 17.0 Å². The average Bonchev–Trinajstić information content (AvgIpc) is 2.78. The fourth-order valence-electron chi connectivity index (χ4n) is 3.60. The number of carbonyl (C=O) groups is 2. The number of Topliss-reactive ketones (excluding diaryl/α,β-unsaturated/α-hetero) is 1. The number of nitrogens with one attached hydrogen (secondary N) is 1. The molecule has 0 fully saturated rings. The van der Waals surface area contributed by atoms with Gasteiger partial charge in [-0.2, -0.15) is 0 Å². The van der Waals surface area contributed by atoms with Crippen LogP contribution in [0.1, 0.15) is 27.0 Å². The predicted octanol–water partition coefficient (Wildman–Crippen LogP) is 5.25. The normalized spacial score (nSPS) is 14.1. The molecule has 0 bridgehead atoms. The molecule has 0 atom stereocenters. The molecule has 0 spiro atoms. The van der Waals surface area contributed by atoms with E-state index in [-0.39, 0.29) is 11.4 Å². The first-order valence-corrected chi connectivity index (χ1v) is 10.4. The summed E-state index contributed by atoms with van der Waals surface area (Å²) in [5.74, 6) is -0.746. The average molecular weight is 424 g/mol. The number of amides is 1. The third-order valence-electron chi connectivity index (χ3n) is 5.47. The zero-order chi connectivity index (χ0) is 22.8. The largest absolute Gasteiger partial charge is 0.378 e. The Balaban J connectivity index is 1.75. The molecule has 32 heavy (non-hydrogen) atoms. The number of aryl methyl sites for hydroxylation is 2. The van der Waals surface area contributed by atoms with E-state index >= 15 is 0 Å². The van der Waals surface area contributed by atoms with Crippen molar-refractivity contribution >= 4 is 34.5 Å². The number of anilines is 2. The van der Waals surface area contributed by atoms with Crippen molar-refractivity contribution in [2.45, 2.75) is 13.8 Å². The number of hydrogen-bond donors (Lipinski definition) is 1. The van der Waals surface area contributed by atoms with E-state index in [4.69, 9.17) is 4.99 Å². The molecule has 0 aliphatic heterocycles. The first-order valence-electron chi connectivity index (χ1n) is 10.4. The maximum Gasteiger partial charge on any atom is 0.259 e. The molecule has 3 aromatic carbocycles. The lowest BCUT2D eigenvalue weighted by molar-refractivity contribution is -0.112. The van der Waals surface area contributed by atoms with Crippen LogP contribution in [0, 0.1) is 13.8 Å². The van der Waals surface area contributed by atoms with Crippen molar-refractivity contribution in [3.63, 3.8) is 0 Å². The van der Waals surface area contributed by atoms with Gasteiger partial charge in [-0.15, -0.1) is 0 Å². The Hall–Kier alpha value is -3.99. The number of allylic oxidation sites excluding steroid dienone is 1. The SMILES string of the molecule is Cc1ccc(NC(=O)C2=CC(=Nc3ccc(N(C)C)cc3C)c3ccccc3C2=O)cc1. The first kappa shape index (κ1) is 21.2. The van der Waals surface area contributed by atoms with Crippen molar-refractivity contribution < 1.29 is 9.59 Å². The van der Waals surface area contributed by atoms with E-state index in [0.717, 1.165) is 28.1 Å². The number of aliphatic imine (C=N–C) groups is 1. The molecule has 0 saturated carbocycles. The molecule has 5 heteroatoms. The molecule has 0 saturated heterocycles. The maximum atomic E-state index is 13.1. The van der Waals surface area contributed by atoms with Crippen LogP contribution in [0.3, 0.4) is 0 Å². The maximum absolute atomic E-state index is 13.1. The van der Waals surface area contributed by atoms with Gasteiger partial charge in [-0.25, -0.2) is 4.99 Å². The van der Waals surface area contributed by atoms with Crippen molar-refractivity contribution in [1.29, 1.82) is 0 Å². The standard InChI is InChI=1S/C27H25N3O2/c1-17-9-11-19(12-10-17)28-27(32)23-16-25(21-7-5-6-8-22(21)26(23)31)29-24-14-13-20(30(3)4)15-18(24)2/h5-16H,1-4H3,(H,28,32). The van der Waals surface area contributed by atoms with Gasteiger partial charge in [-0.1, -0.05) is 42.0 Å². The Kier molecular flexibility index (Phi) is 5.73. The highest BCUT2D eigenvalue weighted by molar-refractivity contribution is 6.37. The summed E-state index contributed by atoms with van der Waals surface area (Å²) < 4.78 is 0. The fraction of sp³-hybridized carbons (Fsp3) is 0.148. The second-order valence-corrected chi connectivity index (χ2v) is 8.12. The molecule has 0 aromatic heterocycles. The molecular formula is C27H25N3O2. The lowest BCUT2D eigenvalue weighted by Crippen LogP contribution is -2.26. The Morgan fingerprint density at radius 2 is 1.59 bits per heavy atom. The molecule has 4 rings (SSSR count). The number of nitrogens with zero attached hydrogens (tertiary/aromatic N) is 2. The highest BCUT2D eigenvalue weighted by atomic mass is 16.2. The van der Waals surface area contributed by atoms with Gasteiger partial charge in [0.15, 0.2) is 5.78 Å². The number of benzene rings is 3. The lowest BCUT2D eigenvalue weighted by Gasteiger charge is -2.18. The summed E-state index contributed by atoms with van der Waals surface area (Å²) in [6, 6.07) is 20.7. The summed E-state index contributed by atoms with van der Waals surface area (Å²) in [7, 11) is 3.98. The van der Waals surface area contributed by atoms with Crippen LogP contribution in [0.15, 0.2) is 83.4 Å². The van der Waals surface area contributed by atoms with Crippen molar-refractivity contribution in [2.24, 2.45) is 4.99 Å². The third kappa shape index (κ3) is 4.23. The van der Waals surface area contributed by atoms with Crippen molar-refractivity contribution in [1.82, 2.24) is 0 Å². The monoisotopic (exact) mass is 423 g/mol. The summed E-state index contributed by atoms with van der Waals surface area (Å²) in [6.07, 6.45) is 1.59. The van der Waals surface area contributed by atoms with Crippen LogP contribution in [-0.2, 0) is 4.79 Å². The summed E-state index contributed by atoms with van der Waals surface area (Å²) >= 11 is 0. The van der Waals surface area contributed by atoms with Gasteiger partial charge in [0.2, 0.25) is 0 Å². The predicted molar refractivity (Wildman–Crippen MR) is 130 cm³/mol. The first-order chi connectivity index (χ1) is 15.3. The van der Waals surface area contributed by atoms with Crippen LogP contribution in [0.4, 0.5) is 17.1 Å². The quantitative estimate of drug-likeness (QED) is 0.583. The molecule has 1 aliphatic carbocycles. The number of carbonyl (C=O) groups excluding carboxylic acids is 2. The van der Waals surface area contributed by atoms with Crippen molar-refractivity contribution in [2.75, 3.05) is 24.3 Å². The molecule has 0 heterocycles.